The van der Waals surface area contributed by atoms with E-state index in [4.69, 9.17) is 4.74 Å². The Morgan fingerprint density at radius 3 is 2.81 bits per heavy atom. The van der Waals surface area contributed by atoms with E-state index in [1.807, 2.05) is 19.3 Å². The van der Waals surface area contributed by atoms with Gasteiger partial charge in [-0.1, -0.05) is 0 Å². The van der Waals surface area contributed by atoms with Gasteiger partial charge in [-0.15, -0.1) is 0 Å². The molecule has 0 unspecified atom stereocenters. The number of hydrogen-bond donors (Lipinski definition) is 1. The zero-order valence-electron chi connectivity index (χ0n) is 10.8. The van der Waals surface area contributed by atoms with Crippen molar-refractivity contribution in [2.75, 3.05) is 13.2 Å². The van der Waals surface area contributed by atoms with E-state index in [1.165, 1.54) is 0 Å². The first-order valence-electron chi connectivity index (χ1n) is 5.85. The molecule has 0 spiro atoms. The van der Waals surface area contributed by atoms with Crippen molar-refractivity contribution in [2.24, 2.45) is 0 Å². The van der Waals surface area contributed by atoms with Crippen LogP contribution in [0.3, 0.4) is 0 Å². The maximum absolute atomic E-state index is 5.34. The molecule has 0 atom stereocenters. The molecule has 0 aliphatic carbocycles. The van der Waals surface area contributed by atoms with Crippen molar-refractivity contribution < 1.29 is 4.74 Å². The topological polar surface area (TPSA) is 39.1 Å². The largest absolute Gasteiger partial charge is 0.380 e. The second-order valence-electron chi connectivity index (χ2n) is 4.84. The number of hydrogen-bond acceptors (Lipinski definition) is 3. The van der Waals surface area contributed by atoms with E-state index in [9.17, 15) is 0 Å². The van der Waals surface area contributed by atoms with Gasteiger partial charge in [0.05, 0.1) is 13.2 Å². The third kappa shape index (κ3) is 4.77. The minimum Gasteiger partial charge on any atom is -0.380 e. The highest BCUT2D eigenvalue weighted by Crippen LogP contribution is 2.03. The average Bonchev–Trinajstić information content (AvgIpc) is 2.62. The van der Waals surface area contributed by atoms with Crippen molar-refractivity contribution in [3.05, 3.63) is 18.2 Å². The fourth-order valence-corrected chi connectivity index (χ4v) is 1.36. The van der Waals surface area contributed by atoms with Crippen LogP contribution in [0.1, 0.15) is 33.5 Å². The highest BCUT2D eigenvalue weighted by molar-refractivity contribution is 4.93. The molecule has 4 heteroatoms. The van der Waals surface area contributed by atoms with Crippen molar-refractivity contribution in [1.82, 2.24) is 14.9 Å². The summed E-state index contributed by atoms with van der Waals surface area (Å²) in [5, 5.41) is 3.43. The van der Waals surface area contributed by atoms with E-state index < -0.39 is 0 Å². The standard InChI is InChI=1S/C12H23N3O/c1-5-16-9-8-15-7-6-13-11(15)10-14-12(2,3)4/h6-7,14H,5,8-10H2,1-4H3. The van der Waals surface area contributed by atoms with Crippen LogP contribution >= 0.6 is 0 Å². The maximum atomic E-state index is 5.34. The number of aromatic nitrogens is 2. The molecular weight excluding hydrogens is 202 g/mol. The van der Waals surface area contributed by atoms with Crippen molar-refractivity contribution in [3.63, 3.8) is 0 Å². The van der Waals surface area contributed by atoms with Crippen LogP contribution in [-0.2, 0) is 17.8 Å². The first kappa shape index (κ1) is 13.2. The van der Waals surface area contributed by atoms with E-state index >= 15 is 0 Å². The van der Waals surface area contributed by atoms with Crippen LogP contribution < -0.4 is 5.32 Å². The quantitative estimate of drug-likeness (QED) is 0.750. The summed E-state index contributed by atoms with van der Waals surface area (Å²) in [4.78, 5) is 4.34. The SMILES string of the molecule is CCOCCn1ccnc1CNC(C)(C)C. The molecule has 0 saturated carbocycles. The molecule has 0 radical (unpaired) electrons. The third-order valence-electron chi connectivity index (χ3n) is 2.26. The Morgan fingerprint density at radius 2 is 2.19 bits per heavy atom. The van der Waals surface area contributed by atoms with Gasteiger partial charge in [0.25, 0.3) is 0 Å². The van der Waals surface area contributed by atoms with E-state index in [0.29, 0.717) is 0 Å². The fraction of sp³-hybridized carbons (Fsp3) is 0.750. The van der Waals surface area contributed by atoms with Gasteiger partial charge in [0, 0.05) is 31.1 Å². The number of ether oxygens (including phenoxy) is 1. The Kier molecular flexibility index (Phi) is 4.96. The molecule has 92 valence electrons. The summed E-state index contributed by atoms with van der Waals surface area (Å²) in [6.45, 7) is 11.6. The van der Waals surface area contributed by atoms with Gasteiger partial charge in [-0.25, -0.2) is 4.98 Å². The molecule has 0 aliphatic rings. The van der Waals surface area contributed by atoms with E-state index in [1.54, 1.807) is 0 Å². The summed E-state index contributed by atoms with van der Waals surface area (Å²) in [6, 6.07) is 0. The predicted molar refractivity (Wildman–Crippen MR) is 65.3 cm³/mol. The van der Waals surface area contributed by atoms with Gasteiger partial charge < -0.3 is 14.6 Å². The van der Waals surface area contributed by atoms with Gasteiger partial charge in [0.15, 0.2) is 0 Å². The Labute approximate surface area is 98.0 Å². The van der Waals surface area contributed by atoms with Gasteiger partial charge in [-0.3, -0.25) is 0 Å². The summed E-state index contributed by atoms with van der Waals surface area (Å²) < 4.78 is 7.47. The first-order chi connectivity index (χ1) is 7.53. The van der Waals surface area contributed by atoms with Crippen molar-refractivity contribution in [1.29, 1.82) is 0 Å². The molecule has 0 amide bonds. The van der Waals surface area contributed by atoms with Gasteiger partial charge in [-0.05, 0) is 27.7 Å². The summed E-state index contributed by atoms with van der Waals surface area (Å²) in [5.41, 5.74) is 0.122. The Morgan fingerprint density at radius 1 is 1.44 bits per heavy atom. The van der Waals surface area contributed by atoms with E-state index in [0.717, 1.165) is 32.1 Å². The van der Waals surface area contributed by atoms with E-state index in [-0.39, 0.29) is 5.54 Å². The molecule has 0 saturated heterocycles. The monoisotopic (exact) mass is 225 g/mol. The van der Waals surface area contributed by atoms with Crippen LogP contribution in [0, 0.1) is 0 Å². The Bertz CT molecular complexity index is 301. The van der Waals surface area contributed by atoms with Crippen LogP contribution in [0.2, 0.25) is 0 Å². The zero-order chi connectivity index (χ0) is 12.0. The zero-order valence-corrected chi connectivity index (χ0v) is 10.8. The molecule has 1 N–H and O–H groups in total. The molecule has 4 nitrogen and oxygen atoms in total. The van der Waals surface area contributed by atoms with Crippen LogP contribution in [0.5, 0.6) is 0 Å². The van der Waals surface area contributed by atoms with Gasteiger partial charge in [0.2, 0.25) is 0 Å². The smallest absolute Gasteiger partial charge is 0.122 e. The molecule has 16 heavy (non-hydrogen) atoms. The third-order valence-corrected chi connectivity index (χ3v) is 2.26. The molecule has 0 bridgehead atoms. The summed E-state index contributed by atoms with van der Waals surface area (Å²) in [5.74, 6) is 1.06. The van der Waals surface area contributed by atoms with E-state index in [2.05, 4.69) is 35.6 Å². The molecule has 1 heterocycles. The first-order valence-corrected chi connectivity index (χ1v) is 5.85. The molecule has 1 aromatic rings. The minimum absolute atomic E-state index is 0.122. The van der Waals surface area contributed by atoms with Gasteiger partial charge >= 0.3 is 0 Å². The minimum atomic E-state index is 0.122. The second-order valence-corrected chi connectivity index (χ2v) is 4.84. The normalized spacial score (nSPS) is 12.0. The predicted octanol–water partition coefficient (Wildman–Crippen LogP) is 1.81. The summed E-state index contributed by atoms with van der Waals surface area (Å²) in [7, 11) is 0. The number of rotatable bonds is 6. The van der Waals surface area contributed by atoms with Crippen LogP contribution in [0.25, 0.3) is 0 Å². The lowest BCUT2D eigenvalue weighted by Gasteiger charge is -2.20. The molecule has 1 aromatic heterocycles. The van der Waals surface area contributed by atoms with Crippen LogP contribution in [-0.4, -0.2) is 28.3 Å². The molecular formula is C12H23N3O. The Hall–Kier alpha value is -0.870. The maximum Gasteiger partial charge on any atom is 0.122 e. The highest BCUT2D eigenvalue weighted by Gasteiger charge is 2.10. The number of nitrogens with zero attached hydrogens (tertiary/aromatic N) is 2. The van der Waals surface area contributed by atoms with Crippen LogP contribution in [0.4, 0.5) is 0 Å². The average molecular weight is 225 g/mol. The summed E-state index contributed by atoms with van der Waals surface area (Å²) in [6.07, 6.45) is 3.84. The number of imidazole rings is 1. The molecule has 0 aliphatic heterocycles. The van der Waals surface area contributed by atoms with Crippen molar-refractivity contribution in [3.8, 4) is 0 Å². The van der Waals surface area contributed by atoms with Gasteiger partial charge in [-0.2, -0.15) is 0 Å². The van der Waals surface area contributed by atoms with Gasteiger partial charge in [0.1, 0.15) is 5.82 Å². The molecule has 0 aromatic carbocycles. The lowest BCUT2D eigenvalue weighted by atomic mass is 10.1. The number of nitrogens with one attached hydrogen (secondary N) is 1. The van der Waals surface area contributed by atoms with Crippen molar-refractivity contribution in [2.45, 2.75) is 46.3 Å². The lowest BCUT2D eigenvalue weighted by Crippen LogP contribution is -2.36. The van der Waals surface area contributed by atoms with Crippen molar-refractivity contribution >= 4 is 0 Å². The summed E-state index contributed by atoms with van der Waals surface area (Å²) >= 11 is 0. The second kappa shape index (κ2) is 6.01. The van der Waals surface area contributed by atoms with Crippen LogP contribution in [0.15, 0.2) is 12.4 Å². The fourth-order valence-electron chi connectivity index (χ4n) is 1.36. The lowest BCUT2D eigenvalue weighted by molar-refractivity contribution is 0.138. The highest BCUT2D eigenvalue weighted by atomic mass is 16.5. The Balaban J connectivity index is 2.44. The molecule has 0 fully saturated rings. The molecule has 1 rings (SSSR count).